The summed E-state index contributed by atoms with van der Waals surface area (Å²) in [6.07, 6.45) is 0. The van der Waals surface area contributed by atoms with Gasteiger partial charge in [-0.15, -0.1) is 0 Å². The third-order valence-corrected chi connectivity index (χ3v) is 4.26. The normalized spacial score (nSPS) is 13.6. The molecule has 8 heteroatoms. The molecule has 0 fully saturated rings. The maximum Gasteiger partial charge on any atom is 0.343 e. The topological polar surface area (TPSA) is 73.9 Å². The second-order valence-corrected chi connectivity index (χ2v) is 6.27. The fraction of sp³-hybridized carbons (Fsp3) is 0.263. The van der Waals surface area contributed by atoms with Crippen LogP contribution in [0.25, 0.3) is 0 Å². The van der Waals surface area contributed by atoms with Crippen LogP contribution in [0, 0.1) is 5.82 Å². The van der Waals surface area contributed by atoms with Crippen molar-refractivity contribution in [2.45, 2.75) is 13.0 Å². The molecule has 1 heterocycles. The molecule has 0 saturated heterocycles. The highest BCUT2D eigenvalue weighted by Crippen LogP contribution is 2.32. The van der Waals surface area contributed by atoms with Crippen molar-refractivity contribution < 1.29 is 28.2 Å². The van der Waals surface area contributed by atoms with Crippen molar-refractivity contribution in [1.82, 2.24) is 5.32 Å². The van der Waals surface area contributed by atoms with E-state index in [-0.39, 0.29) is 11.1 Å². The van der Waals surface area contributed by atoms with Gasteiger partial charge in [-0.1, -0.05) is 23.7 Å². The van der Waals surface area contributed by atoms with E-state index in [4.69, 9.17) is 25.8 Å². The van der Waals surface area contributed by atoms with Gasteiger partial charge in [0.25, 0.3) is 5.91 Å². The van der Waals surface area contributed by atoms with Gasteiger partial charge in [0.15, 0.2) is 18.1 Å². The van der Waals surface area contributed by atoms with Crippen LogP contribution in [-0.2, 0) is 9.53 Å². The summed E-state index contributed by atoms with van der Waals surface area (Å²) < 4.78 is 29.5. The second-order valence-electron chi connectivity index (χ2n) is 5.87. The summed E-state index contributed by atoms with van der Waals surface area (Å²) in [5, 5.41) is 2.62. The Kier molecular flexibility index (Phi) is 5.81. The Morgan fingerprint density at radius 2 is 1.96 bits per heavy atom. The molecular formula is C19H17ClFNO5. The molecule has 142 valence electrons. The highest BCUT2D eigenvalue weighted by Gasteiger charge is 2.20. The lowest BCUT2D eigenvalue weighted by Crippen LogP contribution is -2.31. The predicted octanol–water partition coefficient (Wildman–Crippen LogP) is 3.28. The number of fused-ring (bicyclic) bond motifs is 1. The standard InChI is InChI=1S/C19H17ClFNO5/c1-11(12-5-6-15-16(9-12)26-8-7-25-15)22-17(23)10-27-19(24)18-13(20)3-2-4-14(18)21/h2-6,9,11H,7-8,10H2,1H3,(H,22,23). The number of benzene rings is 2. The largest absolute Gasteiger partial charge is 0.486 e. The van der Waals surface area contributed by atoms with Crippen LogP contribution in [0.2, 0.25) is 5.02 Å². The summed E-state index contributed by atoms with van der Waals surface area (Å²) in [6, 6.07) is 8.83. The molecule has 0 bridgehead atoms. The van der Waals surface area contributed by atoms with Crippen LogP contribution in [0.5, 0.6) is 11.5 Å². The van der Waals surface area contributed by atoms with Gasteiger partial charge in [0.2, 0.25) is 0 Å². The van der Waals surface area contributed by atoms with Crippen molar-refractivity contribution in [3.63, 3.8) is 0 Å². The Balaban J connectivity index is 1.57. The summed E-state index contributed by atoms with van der Waals surface area (Å²) in [7, 11) is 0. The summed E-state index contributed by atoms with van der Waals surface area (Å²) in [4.78, 5) is 24.0. The van der Waals surface area contributed by atoms with Crippen LogP contribution >= 0.6 is 11.6 Å². The van der Waals surface area contributed by atoms with E-state index >= 15 is 0 Å². The first kappa shape index (κ1) is 19.0. The Bertz CT molecular complexity index is 853. The molecule has 3 rings (SSSR count). The van der Waals surface area contributed by atoms with Crippen molar-refractivity contribution in [2.75, 3.05) is 19.8 Å². The number of halogens is 2. The molecule has 1 amide bonds. The summed E-state index contributed by atoms with van der Waals surface area (Å²) in [5.74, 6) is -1.07. The number of nitrogens with one attached hydrogen (secondary N) is 1. The van der Waals surface area contributed by atoms with Gasteiger partial charge in [0.05, 0.1) is 11.1 Å². The maximum absolute atomic E-state index is 13.7. The predicted molar refractivity (Wildman–Crippen MR) is 95.7 cm³/mol. The summed E-state index contributed by atoms with van der Waals surface area (Å²) in [5.41, 5.74) is 0.405. The first-order valence-corrected chi connectivity index (χ1v) is 8.63. The van der Waals surface area contributed by atoms with Crippen LogP contribution < -0.4 is 14.8 Å². The Morgan fingerprint density at radius 1 is 1.22 bits per heavy atom. The molecule has 0 spiro atoms. The van der Waals surface area contributed by atoms with E-state index < -0.39 is 29.9 Å². The van der Waals surface area contributed by atoms with Gasteiger partial charge in [0.1, 0.15) is 24.6 Å². The SMILES string of the molecule is CC(NC(=O)COC(=O)c1c(F)cccc1Cl)c1ccc2c(c1)OCCO2. The number of hydrogen-bond acceptors (Lipinski definition) is 5. The number of hydrogen-bond donors (Lipinski definition) is 1. The average molecular weight is 394 g/mol. The van der Waals surface area contributed by atoms with Gasteiger partial charge < -0.3 is 19.5 Å². The third kappa shape index (κ3) is 4.49. The van der Waals surface area contributed by atoms with Crippen LogP contribution in [0.3, 0.4) is 0 Å². The fourth-order valence-corrected chi connectivity index (χ4v) is 2.83. The zero-order valence-corrected chi connectivity index (χ0v) is 15.2. The molecule has 0 aromatic heterocycles. The third-order valence-electron chi connectivity index (χ3n) is 3.94. The lowest BCUT2D eigenvalue weighted by atomic mass is 10.1. The number of carbonyl (C=O) groups excluding carboxylic acids is 2. The smallest absolute Gasteiger partial charge is 0.343 e. The van der Waals surface area contributed by atoms with Crippen LogP contribution in [-0.4, -0.2) is 31.7 Å². The molecule has 2 aromatic rings. The van der Waals surface area contributed by atoms with E-state index in [2.05, 4.69) is 5.32 Å². The van der Waals surface area contributed by atoms with Gasteiger partial charge in [0, 0.05) is 0 Å². The van der Waals surface area contributed by atoms with E-state index in [1.807, 2.05) is 6.07 Å². The summed E-state index contributed by atoms with van der Waals surface area (Å²) >= 11 is 5.80. The number of rotatable bonds is 5. The zero-order valence-electron chi connectivity index (χ0n) is 14.5. The van der Waals surface area contributed by atoms with Crippen LogP contribution in [0.1, 0.15) is 28.9 Å². The van der Waals surface area contributed by atoms with Crippen molar-refractivity contribution in [2.24, 2.45) is 0 Å². The monoisotopic (exact) mass is 393 g/mol. The molecule has 1 aliphatic rings. The highest BCUT2D eigenvalue weighted by molar-refractivity contribution is 6.33. The van der Waals surface area contributed by atoms with E-state index in [1.165, 1.54) is 12.1 Å². The molecule has 1 atom stereocenters. The minimum Gasteiger partial charge on any atom is -0.486 e. The number of esters is 1. The lowest BCUT2D eigenvalue weighted by Gasteiger charge is -2.21. The Hall–Kier alpha value is -2.80. The Morgan fingerprint density at radius 3 is 2.70 bits per heavy atom. The van der Waals surface area contributed by atoms with Crippen molar-refractivity contribution in [3.8, 4) is 11.5 Å². The highest BCUT2D eigenvalue weighted by atomic mass is 35.5. The molecule has 2 aromatic carbocycles. The molecule has 1 N–H and O–H groups in total. The van der Waals surface area contributed by atoms with Crippen molar-refractivity contribution in [3.05, 3.63) is 58.4 Å². The molecule has 1 unspecified atom stereocenters. The fourth-order valence-electron chi connectivity index (χ4n) is 2.59. The molecule has 1 aliphatic heterocycles. The van der Waals surface area contributed by atoms with Gasteiger partial charge >= 0.3 is 5.97 Å². The number of ether oxygens (including phenoxy) is 3. The van der Waals surface area contributed by atoms with Crippen LogP contribution in [0.4, 0.5) is 4.39 Å². The van der Waals surface area contributed by atoms with Crippen molar-refractivity contribution >= 4 is 23.5 Å². The van der Waals surface area contributed by atoms with Gasteiger partial charge in [-0.2, -0.15) is 0 Å². The van der Waals surface area contributed by atoms with Crippen molar-refractivity contribution in [1.29, 1.82) is 0 Å². The van der Waals surface area contributed by atoms with Gasteiger partial charge in [-0.3, -0.25) is 4.79 Å². The molecule has 27 heavy (non-hydrogen) atoms. The van der Waals surface area contributed by atoms with Gasteiger partial charge in [-0.25, -0.2) is 9.18 Å². The lowest BCUT2D eigenvalue weighted by molar-refractivity contribution is -0.124. The number of amides is 1. The minimum absolute atomic E-state index is 0.0787. The van der Waals surface area contributed by atoms with E-state index in [0.717, 1.165) is 11.6 Å². The maximum atomic E-state index is 13.7. The first-order valence-electron chi connectivity index (χ1n) is 8.25. The molecule has 0 saturated carbocycles. The van der Waals surface area contributed by atoms with Gasteiger partial charge in [-0.05, 0) is 36.8 Å². The van der Waals surface area contributed by atoms with E-state index in [9.17, 15) is 14.0 Å². The molecular weight excluding hydrogens is 377 g/mol. The molecule has 0 aliphatic carbocycles. The Labute approximate surface area is 160 Å². The molecule has 6 nitrogen and oxygen atoms in total. The molecule has 0 radical (unpaired) electrons. The first-order chi connectivity index (χ1) is 13.0. The zero-order chi connectivity index (χ0) is 19.4. The van der Waals surface area contributed by atoms with E-state index in [0.29, 0.717) is 24.7 Å². The summed E-state index contributed by atoms with van der Waals surface area (Å²) in [6.45, 7) is 2.18. The number of carbonyl (C=O) groups is 2. The average Bonchev–Trinajstić information content (AvgIpc) is 2.65. The minimum atomic E-state index is -1.000. The second kappa shape index (κ2) is 8.26. The van der Waals surface area contributed by atoms with Crippen LogP contribution in [0.15, 0.2) is 36.4 Å². The quantitative estimate of drug-likeness (QED) is 0.789. The van der Waals surface area contributed by atoms with E-state index in [1.54, 1.807) is 19.1 Å².